The van der Waals surface area contributed by atoms with Crippen LogP contribution < -0.4 is 0 Å². The van der Waals surface area contributed by atoms with E-state index >= 15 is 0 Å². The quantitative estimate of drug-likeness (QED) is 0.619. The highest BCUT2D eigenvalue weighted by Crippen LogP contribution is 1.92. The van der Waals surface area contributed by atoms with Crippen molar-refractivity contribution in [2.75, 3.05) is 47.8 Å². The fourth-order valence-corrected chi connectivity index (χ4v) is 1.09. The van der Waals surface area contributed by atoms with Crippen LogP contribution in [0.3, 0.4) is 0 Å². The standard InChI is InChI=1S/C10H19N3O4/c1-11(2)5-8(14)12(3)6-9(15)13(4)7-10(16)17/h5-7H2,1-4H3,(H,16,17). The monoisotopic (exact) mass is 245 g/mol. The van der Waals surface area contributed by atoms with Gasteiger partial charge in [0.2, 0.25) is 11.8 Å². The van der Waals surface area contributed by atoms with Crippen molar-refractivity contribution in [2.24, 2.45) is 0 Å². The van der Waals surface area contributed by atoms with Crippen LogP contribution in [0.2, 0.25) is 0 Å². The number of rotatable bonds is 6. The smallest absolute Gasteiger partial charge is 0.323 e. The highest BCUT2D eigenvalue weighted by Gasteiger charge is 2.17. The molecule has 0 fully saturated rings. The van der Waals surface area contributed by atoms with Crippen LogP contribution in [-0.2, 0) is 14.4 Å². The van der Waals surface area contributed by atoms with Gasteiger partial charge in [0.1, 0.15) is 6.54 Å². The molecule has 0 atom stereocenters. The second kappa shape index (κ2) is 6.85. The van der Waals surface area contributed by atoms with Crippen LogP contribution in [0.5, 0.6) is 0 Å². The summed E-state index contributed by atoms with van der Waals surface area (Å²) in [7, 11) is 6.41. The Morgan fingerprint density at radius 1 is 0.824 bits per heavy atom. The normalized spacial score (nSPS) is 10.2. The molecule has 0 saturated carbocycles. The van der Waals surface area contributed by atoms with Crippen LogP contribution in [-0.4, -0.2) is 85.4 Å². The van der Waals surface area contributed by atoms with Gasteiger partial charge in [0, 0.05) is 14.1 Å². The molecule has 0 saturated heterocycles. The van der Waals surface area contributed by atoms with Crippen LogP contribution in [0, 0.1) is 0 Å². The number of carbonyl (C=O) groups excluding carboxylic acids is 2. The Bertz CT molecular complexity index is 304. The molecule has 0 bridgehead atoms. The van der Waals surface area contributed by atoms with E-state index in [2.05, 4.69) is 0 Å². The van der Waals surface area contributed by atoms with Gasteiger partial charge in [-0.3, -0.25) is 14.4 Å². The van der Waals surface area contributed by atoms with Crippen molar-refractivity contribution in [3.05, 3.63) is 0 Å². The zero-order valence-corrected chi connectivity index (χ0v) is 10.6. The fraction of sp³-hybridized carbons (Fsp3) is 0.700. The zero-order chi connectivity index (χ0) is 13.6. The Balaban J connectivity index is 4.19. The van der Waals surface area contributed by atoms with Gasteiger partial charge in [0.05, 0.1) is 13.1 Å². The van der Waals surface area contributed by atoms with Crippen molar-refractivity contribution < 1.29 is 19.5 Å². The number of hydrogen-bond acceptors (Lipinski definition) is 4. The Morgan fingerprint density at radius 3 is 1.65 bits per heavy atom. The Kier molecular flexibility index (Phi) is 6.19. The number of hydrogen-bond donors (Lipinski definition) is 1. The summed E-state index contributed by atoms with van der Waals surface area (Å²) in [4.78, 5) is 37.5. The number of likely N-dealkylation sites (N-methyl/N-ethyl adjacent to an activating group) is 3. The van der Waals surface area contributed by atoms with E-state index < -0.39 is 11.9 Å². The van der Waals surface area contributed by atoms with E-state index in [0.717, 1.165) is 4.90 Å². The number of aliphatic carboxylic acids is 1. The third kappa shape index (κ3) is 6.52. The van der Waals surface area contributed by atoms with Gasteiger partial charge in [-0.05, 0) is 14.1 Å². The van der Waals surface area contributed by atoms with Crippen molar-refractivity contribution in [2.45, 2.75) is 0 Å². The molecule has 2 amide bonds. The van der Waals surface area contributed by atoms with Gasteiger partial charge >= 0.3 is 5.97 Å². The SMILES string of the molecule is CN(C)CC(=O)N(C)CC(=O)N(C)CC(=O)O. The molecule has 1 N–H and O–H groups in total. The first-order valence-corrected chi connectivity index (χ1v) is 5.08. The number of carbonyl (C=O) groups is 3. The van der Waals surface area contributed by atoms with E-state index in [9.17, 15) is 14.4 Å². The summed E-state index contributed by atoms with van der Waals surface area (Å²) < 4.78 is 0. The molecule has 0 aliphatic rings. The number of carboxylic acid groups (broad SMARTS) is 1. The zero-order valence-electron chi connectivity index (χ0n) is 10.6. The molecule has 0 heterocycles. The maximum atomic E-state index is 11.5. The van der Waals surface area contributed by atoms with Crippen LogP contribution in [0.25, 0.3) is 0 Å². The summed E-state index contributed by atoms with van der Waals surface area (Å²) in [5.74, 6) is -1.67. The molecule has 0 unspecified atom stereocenters. The summed E-state index contributed by atoms with van der Waals surface area (Å²) in [6.07, 6.45) is 0. The van der Waals surface area contributed by atoms with E-state index in [4.69, 9.17) is 5.11 Å². The Hall–Kier alpha value is -1.63. The van der Waals surface area contributed by atoms with Crippen LogP contribution in [0.4, 0.5) is 0 Å². The van der Waals surface area contributed by atoms with Gasteiger partial charge in [0.15, 0.2) is 0 Å². The van der Waals surface area contributed by atoms with Gasteiger partial charge in [-0.2, -0.15) is 0 Å². The van der Waals surface area contributed by atoms with Gasteiger partial charge in [0.25, 0.3) is 0 Å². The topological polar surface area (TPSA) is 81.2 Å². The molecular weight excluding hydrogens is 226 g/mol. The van der Waals surface area contributed by atoms with Crippen molar-refractivity contribution in [3.8, 4) is 0 Å². The molecule has 0 spiro atoms. The van der Waals surface area contributed by atoms with Gasteiger partial charge in [-0.1, -0.05) is 0 Å². The van der Waals surface area contributed by atoms with Crippen molar-refractivity contribution in [1.82, 2.24) is 14.7 Å². The number of carboxylic acids is 1. The van der Waals surface area contributed by atoms with Gasteiger partial charge < -0.3 is 19.8 Å². The molecule has 98 valence electrons. The summed E-state index contributed by atoms with van der Waals surface area (Å²) in [5.41, 5.74) is 0. The fourth-order valence-electron chi connectivity index (χ4n) is 1.09. The molecule has 0 aromatic carbocycles. The van der Waals surface area contributed by atoms with Gasteiger partial charge in [-0.25, -0.2) is 0 Å². The average molecular weight is 245 g/mol. The summed E-state index contributed by atoms with van der Waals surface area (Å²) in [6.45, 7) is -0.266. The summed E-state index contributed by atoms with van der Waals surface area (Å²) in [5, 5.41) is 8.51. The molecule has 0 aliphatic heterocycles. The molecule has 7 nitrogen and oxygen atoms in total. The lowest BCUT2D eigenvalue weighted by Crippen LogP contribution is -2.43. The second-order valence-electron chi connectivity index (χ2n) is 4.13. The van der Waals surface area contributed by atoms with Gasteiger partial charge in [-0.15, -0.1) is 0 Å². The van der Waals surface area contributed by atoms with Crippen LogP contribution in [0.15, 0.2) is 0 Å². The number of nitrogens with zero attached hydrogens (tertiary/aromatic N) is 3. The Morgan fingerprint density at radius 2 is 1.24 bits per heavy atom. The molecule has 7 heteroatoms. The molecule has 0 radical (unpaired) electrons. The molecule has 17 heavy (non-hydrogen) atoms. The molecule has 0 aromatic rings. The lowest BCUT2D eigenvalue weighted by atomic mass is 10.4. The molecule has 0 aliphatic carbocycles. The highest BCUT2D eigenvalue weighted by molar-refractivity contribution is 5.87. The molecule has 0 rings (SSSR count). The van der Waals surface area contributed by atoms with Crippen molar-refractivity contribution in [1.29, 1.82) is 0 Å². The van der Waals surface area contributed by atoms with Crippen LogP contribution >= 0.6 is 0 Å². The maximum Gasteiger partial charge on any atom is 0.323 e. The summed E-state index contributed by atoms with van der Waals surface area (Å²) in [6, 6.07) is 0. The maximum absolute atomic E-state index is 11.5. The van der Waals surface area contributed by atoms with E-state index in [1.807, 2.05) is 0 Å². The summed E-state index contributed by atoms with van der Waals surface area (Å²) >= 11 is 0. The average Bonchev–Trinajstić information content (AvgIpc) is 2.15. The first-order valence-electron chi connectivity index (χ1n) is 5.08. The molecular formula is C10H19N3O4. The first-order chi connectivity index (χ1) is 7.73. The largest absolute Gasteiger partial charge is 0.480 e. The predicted octanol–water partition coefficient (Wildman–Crippen LogP) is -1.45. The second-order valence-corrected chi connectivity index (χ2v) is 4.13. The van der Waals surface area contributed by atoms with E-state index in [1.165, 1.54) is 19.0 Å². The van der Waals surface area contributed by atoms with Crippen LogP contribution in [0.1, 0.15) is 0 Å². The minimum Gasteiger partial charge on any atom is -0.480 e. The highest BCUT2D eigenvalue weighted by atomic mass is 16.4. The van der Waals surface area contributed by atoms with Crippen molar-refractivity contribution in [3.63, 3.8) is 0 Å². The van der Waals surface area contributed by atoms with E-state index in [-0.39, 0.29) is 25.5 Å². The minimum absolute atomic E-state index is 0.115. The lowest BCUT2D eigenvalue weighted by molar-refractivity contribution is -0.145. The number of amides is 2. The minimum atomic E-state index is -1.08. The molecule has 0 aromatic heterocycles. The van der Waals surface area contributed by atoms with E-state index in [0.29, 0.717) is 0 Å². The predicted molar refractivity (Wildman–Crippen MR) is 61.5 cm³/mol. The lowest BCUT2D eigenvalue weighted by Gasteiger charge is -2.22. The Labute approximate surface area is 101 Å². The first kappa shape index (κ1) is 15.4. The van der Waals surface area contributed by atoms with E-state index in [1.54, 1.807) is 19.0 Å². The third-order valence-electron chi connectivity index (χ3n) is 2.05. The third-order valence-corrected chi connectivity index (χ3v) is 2.05. The van der Waals surface area contributed by atoms with Crippen molar-refractivity contribution >= 4 is 17.8 Å².